The molecular formula is C47H29N3O2. The van der Waals surface area contributed by atoms with Crippen molar-refractivity contribution in [3.63, 3.8) is 0 Å². The molecule has 0 radical (unpaired) electrons. The minimum atomic E-state index is -0.354. The summed E-state index contributed by atoms with van der Waals surface area (Å²) in [6.07, 6.45) is -0.354. The lowest BCUT2D eigenvalue weighted by Gasteiger charge is -2.24. The topological polar surface area (TPSA) is 63.0 Å². The highest BCUT2D eigenvalue weighted by Gasteiger charge is 2.26. The zero-order chi connectivity index (χ0) is 34.2. The number of fused-ring (bicyclic) bond motifs is 9. The van der Waals surface area contributed by atoms with E-state index in [1.807, 2.05) is 42.5 Å². The quantitative estimate of drug-likeness (QED) is 0.190. The fraction of sp³-hybridized carbons (Fsp3) is 0.0213. The summed E-state index contributed by atoms with van der Waals surface area (Å²) < 4.78 is 12.9. The Labute approximate surface area is 298 Å². The molecule has 10 aromatic rings. The molecule has 5 nitrogen and oxygen atoms in total. The Bertz CT molecular complexity index is 3110. The van der Waals surface area contributed by atoms with Gasteiger partial charge in [0.2, 0.25) is 0 Å². The number of benzene rings is 8. The third kappa shape index (κ3) is 4.36. The Kier molecular flexibility index (Phi) is 6.25. The van der Waals surface area contributed by atoms with Crippen LogP contribution in [-0.4, -0.2) is 11.7 Å². The van der Waals surface area contributed by atoms with Gasteiger partial charge in [-0.3, -0.25) is 0 Å². The predicted molar refractivity (Wildman–Crippen MR) is 213 cm³/mol. The first kappa shape index (κ1) is 28.8. The average Bonchev–Trinajstić information content (AvgIpc) is 3.80. The van der Waals surface area contributed by atoms with Gasteiger partial charge in [-0.1, -0.05) is 133 Å². The molecule has 52 heavy (non-hydrogen) atoms. The molecule has 0 saturated heterocycles. The van der Waals surface area contributed by atoms with Gasteiger partial charge in [-0.15, -0.1) is 0 Å². The molecule has 5 heteroatoms. The molecule has 1 unspecified atom stereocenters. The van der Waals surface area contributed by atoms with Crippen molar-refractivity contribution in [1.29, 1.82) is 0 Å². The van der Waals surface area contributed by atoms with Crippen LogP contribution in [0, 0.1) is 0 Å². The molecule has 1 aliphatic rings. The molecule has 0 amide bonds. The molecule has 11 rings (SSSR count). The van der Waals surface area contributed by atoms with E-state index in [2.05, 4.69) is 127 Å². The second kappa shape index (κ2) is 11.3. The van der Waals surface area contributed by atoms with Gasteiger partial charge >= 0.3 is 0 Å². The molecule has 0 saturated carbocycles. The van der Waals surface area contributed by atoms with Gasteiger partial charge in [0, 0.05) is 32.7 Å². The van der Waals surface area contributed by atoms with E-state index in [-0.39, 0.29) is 6.17 Å². The maximum atomic E-state index is 6.62. The lowest BCUT2D eigenvalue weighted by atomic mass is 9.93. The van der Waals surface area contributed by atoms with E-state index < -0.39 is 0 Å². The van der Waals surface area contributed by atoms with Crippen LogP contribution in [0.1, 0.15) is 22.9 Å². The van der Waals surface area contributed by atoms with Crippen LogP contribution < -0.4 is 5.32 Å². The summed E-state index contributed by atoms with van der Waals surface area (Å²) in [6, 6.07) is 56.7. The number of rotatable bonds is 4. The minimum absolute atomic E-state index is 0.354. The summed E-state index contributed by atoms with van der Waals surface area (Å²) in [4.78, 5) is 10.7. The molecule has 3 heterocycles. The maximum Gasteiger partial charge on any atom is 0.160 e. The van der Waals surface area contributed by atoms with Gasteiger partial charge in [0.05, 0.1) is 0 Å². The second-order valence-corrected chi connectivity index (χ2v) is 13.3. The van der Waals surface area contributed by atoms with Crippen molar-refractivity contribution in [2.24, 2.45) is 9.98 Å². The van der Waals surface area contributed by atoms with Gasteiger partial charge in [0.25, 0.3) is 0 Å². The minimum Gasteiger partial charge on any atom is -0.456 e. The third-order valence-electron chi connectivity index (χ3n) is 10.3. The van der Waals surface area contributed by atoms with Crippen LogP contribution in [0.15, 0.2) is 183 Å². The van der Waals surface area contributed by atoms with E-state index in [4.69, 9.17) is 18.8 Å². The number of para-hydroxylation sites is 1. The Morgan fingerprint density at radius 1 is 0.423 bits per heavy atom. The van der Waals surface area contributed by atoms with E-state index in [0.29, 0.717) is 5.84 Å². The van der Waals surface area contributed by atoms with E-state index in [1.54, 1.807) is 0 Å². The monoisotopic (exact) mass is 667 g/mol. The first-order valence-electron chi connectivity index (χ1n) is 17.5. The van der Waals surface area contributed by atoms with Gasteiger partial charge in [-0.05, 0) is 68.6 Å². The summed E-state index contributed by atoms with van der Waals surface area (Å²) >= 11 is 0. The molecule has 1 aliphatic heterocycles. The first-order chi connectivity index (χ1) is 25.8. The Morgan fingerprint density at radius 2 is 0.981 bits per heavy atom. The summed E-state index contributed by atoms with van der Waals surface area (Å²) in [5, 5.41) is 12.6. The van der Waals surface area contributed by atoms with Crippen molar-refractivity contribution in [3.8, 4) is 11.1 Å². The first-order valence-corrected chi connectivity index (χ1v) is 17.5. The zero-order valence-electron chi connectivity index (χ0n) is 27.9. The molecule has 8 aromatic carbocycles. The van der Waals surface area contributed by atoms with Gasteiger partial charge in [-0.25, -0.2) is 9.98 Å². The third-order valence-corrected chi connectivity index (χ3v) is 10.3. The molecule has 244 valence electrons. The number of nitrogens with zero attached hydrogens (tertiary/aromatic N) is 2. The van der Waals surface area contributed by atoms with Gasteiger partial charge in [0.15, 0.2) is 5.84 Å². The van der Waals surface area contributed by atoms with Crippen molar-refractivity contribution in [2.75, 3.05) is 0 Å². The number of nitrogens with one attached hydrogen (secondary N) is 1. The van der Waals surface area contributed by atoms with Crippen molar-refractivity contribution in [3.05, 3.63) is 180 Å². The fourth-order valence-electron chi connectivity index (χ4n) is 8.04. The molecule has 2 aromatic heterocycles. The van der Waals surface area contributed by atoms with Crippen molar-refractivity contribution < 1.29 is 8.83 Å². The van der Waals surface area contributed by atoms with Gasteiger partial charge < -0.3 is 14.2 Å². The van der Waals surface area contributed by atoms with Crippen LogP contribution in [-0.2, 0) is 0 Å². The number of aliphatic imine (C=N–C) groups is 2. The summed E-state index contributed by atoms with van der Waals surface area (Å²) in [6.45, 7) is 0. The molecule has 0 spiro atoms. The molecule has 0 aliphatic carbocycles. The maximum absolute atomic E-state index is 6.62. The molecule has 0 fully saturated rings. The molecule has 1 N–H and O–H groups in total. The number of furan rings is 2. The molecule has 0 bridgehead atoms. The Morgan fingerprint density at radius 3 is 1.77 bits per heavy atom. The van der Waals surface area contributed by atoms with E-state index in [0.717, 1.165) is 88.3 Å². The Hall–Kier alpha value is -6.98. The predicted octanol–water partition coefficient (Wildman–Crippen LogP) is 12.0. The summed E-state index contributed by atoms with van der Waals surface area (Å²) in [7, 11) is 0. The van der Waals surface area contributed by atoms with Gasteiger partial charge in [-0.2, -0.15) is 0 Å². The van der Waals surface area contributed by atoms with Crippen LogP contribution in [0.4, 0.5) is 0 Å². The lowest BCUT2D eigenvalue weighted by molar-refractivity contribution is 0.667. The normalized spacial score (nSPS) is 14.7. The Balaban J connectivity index is 1.18. The SMILES string of the molecule is c1ccc(C2N=C(c3cc4ccccc4c4ccccc34)N=C(c3cccc4oc5cccc(-c6cccc7oc8ccccc8c67)c5c34)N2)cc1. The number of hydrogen-bond acceptors (Lipinski definition) is 5. The lowest BCUT2D eigenvalue weighted by Crippen LogP contribution is -2.33. The average molecular weight is 668 g/mol. The largest absolute Gasteiger partial charge is 0.456 e. The van der Waals surface area contributed by atoms with Crippen LogP contribution >= 0.6 is 0 Å². The molecular weight excluding hydrogens is 639 g/mol. The number of hydrogen-bond donors (Lipinski definition) is 1. The van der Waals surface area contributed by atoms with Crippen LogP contribution in [0.25, 0.3) is 76.5 Å². The van der Waals surface area contributed by atoms with E-state index >= 15 is 0 Å². The van der Waals surface area contributed by atoms with Crippen LogP contribution in [0.2, 0.25) is 0 Å². The van der Waals surface area contributed by atoms with Crippen LogP contribution in [0.3, 0.4) is 0 Å². The standard InChI is InChI=1S/C47H29N3O2/c1-2-13-28(14-3-1)45-48-46(50-47(49-45)37-27-29-15-4-5-16-30(29)31-17-6-7-18-32(31)37)36-22-12-26-41-44(36)43-34(21-11-25-40(43)52-41)33-20-10-24-39-42(33)35-19-8-9-23-38(35)51-39/h1-27,45H,(H,48,49,50). The zero-order valence-corrected chi connectivity index (χ0v) is 27.9. The highest BCUT2D eigenvalue weighted by Crippen LogP contribution is 2.43. The smallest absolute Gasteiger partial charge is 0.160 e. The van der Waals surface area contributed by atoms with Crippen LogP contribution in [0.5, 0.6) is 0 Å². The summed E-state index contributed by atoms with van der Waals surface area (Å²) in [5.41, 5.74) is 8.51. The van der Waals surface area contributed by atoms with Gasteiger partial charge in [0.1, 0.15) is 34.3 Å². The van der Waals surface area contributed by atoms with Crippen molar-refractivity contribution >= 4 is 77.1 Å². The van der Waals surface area contributed by atoms with Crippen molar-refractivity contribution in [2.45, 2.75) is 6.17 Å². The highest BCUT2D eigenvalue weighted by molar-refractivity contribution is 6.27. The summed E-state index contributed by atoms with van der Waals surface area (Å²) in [5.74, 6) is 1.43. The van der Waals surface area contributed by atoms with E-state index in [1.165, 1.54) is 10.8 Å². The highest BCUT2D eigenvalue weighted by atomic mass is 16.3. The number of amidine groups is 2. The second-order valence-electron chi connectivity index (χ2n) is 13.3. The van der Waals surface area contributed by atoms with E-state index in [9.17, 15) is 0 Å². The molecule has 1 atom stereocenters. The fourth-order valence-corrected chi connectivity index (χ4v) is 8.04. The van der Waals surface area contributed by atoms with Crippen molar-refractivity contribution in [1.82, 2.24) is 5.32 Å².